The van der Waals surface area contributed by atoms with Crippen LogP contribution in [0.5, 0.6) is 0 Å². The Kier molecular flexibility index (Phi) is 7.39. The van der Waals surface area contributed by atoms with Gasteiger partial charge in [-0.3, -0.25) is 9.69 Å². The van der Waals surface area contributed by atoms with Crippen molar-refractivity contribution in [3.63, 3.8) is 0 Å². The van der Waals surface area contributed by atoms with Gasteiger partial charge < -0.3 is 10.2 Å². The predicted octanol–water partition coefficient (Wildman–Crippen LogP) is 1.56. The van der Waals surface area contributed by atoms with Crippen molar-refractivity contribution in [3.8, 4) is 0 Å². The van der Waals surface area contributed by atoms with Crippen LogP contribution in [0.15, 0.2) is 0 Å². The summed E-state index contributed by atoms with van der Waals surface area (Å²) in [5.41, 5.74) is 0. The number of nitrogens with one attached hydrogen (secondary N) is 1. The van der Waals surface area contributed by atoms with Crippen molar-refractivity contribution in [2.75, 3.05) is 39.3 Å². The average Bonchev–Trinajstić information content (AvgIpc) is 2.40. The fourth-order valence-electron chi connectivity index (χ4n) is 2.80. The van der Waals surface area contributed by atoms with E-state index in [0.29, 0.717) is 24.4 Å². The van der Waals surface area contributed by atoms with Crippen LogP contribution in [-0.4, -0.2) is 61.0 Å². The molecule has 0 atom stereocenters. The largest absolute Gasteiger partial charge is 0.339 e. The molecule has 1 aliphatic heterocycles. The first-order valence-electron chi connectivity index (χ1n) is 7.81. The highest BCUT2D eigenvalue weighted by atomic mass is 16.2. The molecule has 0 unspecified atom stereocenters. The standard InChI is InChI=1S/C15H31N3O/c1-5-14(6-2)18(11-13(3)4)12-15(19)17-9-7-16-8-10-17/h13-14,16H,5-12H2,1-4H3. The summed E-state index contributed by atoms with van der Waals surface area (Å²) < 4.78 is 0. The summed E-state index contributed by atoms with van der Waals surface area (Å²) in [6.07, 6.45) is 2.25. The predicted molar refractivity (Wildman–Crippen MR) is 80.2 cm³/mol. The number of nitrogens with zero attached hydrogens (tertiary/aromatic N) is 2. The van der Waals surface area contributed by atoms with Gasteiger partial charge in [0, 0.05) is 38.8 Å². The van der Waals surface area contributed by atoms with Crippen LogP contribution in [0, 0.1) is 5.92 Å². The molecule has 1 saturated heterocycles. The van der Waals surface area contributed by atoms with Crippen molar-refractivity contribution < 1.29 is 4.79 Å². The molecule has 0 aliphatic carbocycles. The normalized spacial score (nSPS) is 16.7. The van der Waals surface area contributed by atoms with E-state index in [1.807, 2.05) is 4.90 Å². The summed E-state index contributed by atoms with van der Waals surface area (Å²) in [5.74, 6) is 0.908. The van der Waals surface area contributed by atoms with Crippen LogP contribution < -0.4 is 5.32 Å². The molecule has 0 saturated carbocycles. The molecule has 0 spiro atoms. The monoisotopic (exact) mass is 269 g/mol. The molecule has 112 valence electrons. The maximum Gasteiger partial charge on any atom is 0.236 e. The van der Waals surface area contributed by atoms with Gasteiger partial charge in [-0.25, -0.2) is 0 Å². The highest BCUT2D eigenvalue weighted by Gasteiger charge is 2.23. The molecule has 1 N–H and O–H groups in total. The number of hydrogen-bond donors (Lipinski definition) is 1. The third-order valence-corrected chi connectivity index (χ3v) is 3.87. The second-order valence-corrected chi connectivity index (χ2v) is 5.92. The number of hydrogen-bond acceptors (Lipinski definition) is 3. The Balaban J connectivity index is 2.56. The van der Waals surface area contributed by atoms with E-state index in [-0.39, 0.29) is 0 Å². The third-order valence-electron chi connectivity index (χ3n) is 3.87. The zero-order valence-corrected chi connectivity index (χ0v) is 13.1. The summed E-state index contributed by atoms with van der Waals surface area (Å²) in [6, 6.07) is 0.536. The fraction of sp³-hybridized carbons (Fsp3) is 0.933. The van der Waals surface area contributed by atoms with E-state index >= 15 is 0 Å². The van der Waals surface area contributed by atoms with E-state index in [1.54, 1.807) is 0 Å². The lowest BCUT2D eigenvalue weighted by atomic mass is 10.1. The van der Waals surface area contributed by atoms with Crippen molar-refractivity contribution in [3.05, 3.63) is 0 Å². The highest BCUT2D eigenvalue weighted by Crippen LogP contribution is 2.12. The van der Waals surface area contributed by atoms with Crippen molar-refractivity contribution in [1.82, 2.24) is 15.1 Å². The smallest absolute Gasteiger partial charge is 0.236 e. The third kappa shape index (κ3) is 5.49. The Hall–Kier alpha value is -0.610. The van der Waals surface area contributed by atoms with E-state index < -0.39 is 0 Å². The van der Waals surface area contributed by atoms with Gasteiger partial charge in [0.2, 0.25) is 5.91 Å². The molecule has 1 rings (SSSR count). The SMILES string of the molecule is CCC(CC)N(CC(=O)N1CCNCC1)CC(C)C. The van der Waals surface area contributed by atoms with Gasteiger partial charge in [0.15, 0.2) is 0 Å². The first kappa shape index (κ1) is 16.4. The van der Waals surface area contributed by atoms with Gasteiger partial charge in [-0.15, -0.1) is 0 Å². The van der Waals surface area contributed by atoms with Crippen LogP contribution in [0.25, 0.3) is 0 Å². The molecule has 0 aromatic carbocycles. The first-order valence-corrected chi connectivity index (χ1v) is 7.81. The van der Waals surface area contributed by atoms with E-state index in [4.69, 9.17) is 0 Å². The lowest BCUT2D eigenvalue weighted by Crippen LogP contribution is -2.51. The van der Waals surface area contributed by atoms with Gasteiger partial charge in [-0.1, -0.05) is 27.7 Å². The van der Waals surface area contributed by atoms with Gasteiger partial charge in [-0.2, -0.15) is 0 Å². The minimum atomic E-state index is 0.300. The van der Waals surface area contributed by atoms with Crippen LogP contribution >= 0.6 is 0 Å². The highest BCUT2D eigenvalue weighted by molar-refractivity contribution is 5.78. The van der Waals surface area contributed by atoms with Crippen molar-refractivity contribution >= 4 is 5.91 Å². The Labute approximate surface area is 118 Å². The minimum Gasteiger partial charge on any atom is -0.339 e. The quantitative estimate of drug-likeness (QED) is 0.762. The molecule has 0 bridgehead atoms. The molecular weight excluding hydrogens is 238 g/mol. The molecule has 1 fully saturated rings. The van der Waals surface area contributed by atoms with Gasteiger partial charge in [0.05, 0.1) is 6.54 Å². The molecule has 4 heteroatoms. The van der Waals surface area contributed by atoms with Gasteiger partial charge >= 0.3 is 0 Å². The number of carbonyl (C=O) groups is 1. The lowest BCUT2D eigenvalue weighted by Gasteiger charge is -2.34. The van der Waals surface area contributed by atoms with Gasteiger partial charge in [0.1, 0.15) is 0 Å². The molecule has 4 nitrogen and oxygen atoms in total. The molecule has 1 amide bonds. The molecule has 19 heavy (non-hydrogen) atoms. The van der Waals surface area contributed by atoms with Crippen LogP contribution in [0.4, 0.5) is 0 Å². The Morgan fingerprint density at radius 3 is 2.26 bits per heavy atom. The molecule has 1 heterocycles. The number of piperazine rings is 1. The summed E-state index contributed by atoms with van der Waals surface area (Å²) in [4.78, 5) is 16.8. The number of amides is 1. The van der Waals surface area contributed by atoms with E-state index in [1.165, 1.54) is 0 Å². The van der Waals surface area contributed by atoms with Crippen molar-refractivity contribution in [2.24, 2.45) is 5.92 Å². The Morgan fingerprint density at radius 1 is 1.21 bits per heavy atom. The zero-order valence-electron chi connectivity index (χ0n) is 13.1. The zero-order chi connectivity index (χ0) is 14.3. The Bertz CT molecular complexity index is 258. The molecule has 0 aromatic rings. The maximum atomic E-state index is 12.4. The molecular formula is C15H31N3O. The topological polar surface area (TPSA) is 35.6 Å². The molecule has 0 radical (unpaired) electrons. The summed E-state index contributed by atoms with van der Waals surface area (Å²) in [5, 5.41) is 3.29. The van der Waals surface area contributed by atoms with E-state index in [9.17, 15) is 4.79 Å². The summed E-state index contributed by atoms with van der Waals surface area (Å²) in [6.45, 7) is 14.1. The Morgan fingerprint density at radius 2 is 1.79 bits per heavy atom. The van der Waals surface area contributed by atoms with Crippen molar-refractivity contribution in [2.45, 2.75) is 46.6 Å². The van der Waals surface area contributed by atoms with Gasteiger partial charge in [-0.05, 0) is 18.8 Å². The summed E-state index contributed by atoms with van der Waals surface area (Å²) >= 11 is 0. The lowest BCUT2D eigenvalue weighted by molar-refractivity contribution is -0.133. The first-order chi connectivity index (χ1) is 9.08. The molecule has 1 aliphatic rings. The molecule has 0 aromatic heterocycles. The number of carbonyl (C=O) groups excluding carboxylic acids is 1. The maximum absolute atomic E-state index is 12.4. The van der Waals surface area contributed by atoms with Gasteiger partial charge in [0.25, 0.3) is 0 Å². The van der Waals surface area contributed by atoms with Crippen LogP contribution in [-0.2, 0) is 4.79 Å². The summed E-state index contributed by atoms with van der Waals surface area (Å²) in [7, 11) is 0. The van der Waals surface area contributed by atoms with Crippen LogP contribution in [0.3, 0.4) is 0 Å². The van der Waals surface area contributed by atoms with E-state index in [0.717, 1.165) is 45.6 Å². The van der Waals surface area contributed by atoms with E-state index in [2.05, 4.69) is 37.9 Å². The second-order valence-electron chi connectivity index (χ2n) is 5.92. The average molecular weight is 269 g/mol. The fourth-order valence-corrected chi connectivity index (χ4v) is 2.80. The number of rotatable bonds is 7. The minimum absolute atomic E-state index is 0.300. The second kappa shape index (κ2) is 8.54. The van der Waals surface area contributed by atoms with Crippen LogP contribution in [0.1, 0.15) is 40.5 Å². The van der Waals surface area contributed by atoms with Crippen LogP contribution in [0.2, 0.25) is 0 Å². The van der Waals surface area contributed by atoms with Crippen molar-refractivity contribution in [1.29, 1.82) is 0 Å².